The number of aliphatic hydroxyl groups excluding tert-OH is 1. The quantitative estimate of drug-likeness (QED) is 0.653. The SMILES string of the molecule is CCCC[C@@H]1CCC(O)O1. The third kappa shape index (κ3) is 2.27. The molecule has 0 aliphatic carbocycles. The Balaban J connectivity index is 2.06. The molecule has 60 valence electrons. The maximum atomic E-state index is 8.98. The van der Waals surface area contributed by atoms with Gasteiger partial charge in [0.15, 0.2) is 6.29 Å². The summed E-state index contributed by atoms with van der Waals surface area (Å²) in [6, 6.07) is 0. The highest BCUT2D eigenvalue weighted by molar-refractivity contribution is 4.66. The summed E-state index contributed by atoms with van der Waals surface area (Å²) in [5, 5.41) is 8.98. The highest BCUT2D eigenvalue weighted by Gasteiger charge is 2.21. The molecule has 0 aromatic heterocycles. The van der Waals surface area contributed by atoms with Crippen molar-refractivity contribution in [2.75, 3.05) is 0 Å². The molecule has 0 aromatic rings. The van der Waals surface area contributed by atoms with Crippen molar-refractivity contribution in [1.82, 2.24) is 0 Å². The van der Waals surface area contributed by atoms with Gasteiger partial charge in [-0.25, -0.2) is 0 Å². The molecule has 2 atom stereocenters. The van der Waals surface area contributed by atoms with Crippen LogP contribution in [-0.2, 0) is 4.74 Å². The number of hydrogen-bond donors (Lipinski definition) is 1. The number of aliphatic hydroxyl groups is 1. The van der Waals surface area contributed by atoms with Crippen LogP contribution in [0.2, 0.25) is 0 Å². The van der Waals surface area contributed by atoms with Crippen LogP contribution >= 0.6 is 0 Å². The van der Waals surface area contributed by atoms with Crippen LogP contribution in [0.5, 0.6) is 0 Å². The van der Waals surface area contributed by atoms with Gasteiger partial charge in [0.05, 0.1) is 6.10 Å². The molecule has 0 amide bonds. The normalized spacial score (nSPS) is 33.0. The van der Waals surface area contributed by atoms with Crippen molar-refractivity contribution in [2.24, 2.45) is 0 Å². The molecule has 2 heteroatoms. The van der Waals surface area contributed by atoms with Gasteiger partial charge >= 0.3 is 0 Å². The van der Waals surface area contributed by atoms with E-state index in [2.05, 4.69) is 6.92 Å². The Morgan fingerprint density at radius 3 is 2.80 bits per heavy atom. The van der Waals surface area contributed by atoms with E-state index >= 15 is 0 Å². The van der Waals surface area contributed by atoms with Crippen LogP contribution in [0.15, 0.2) is 0 Å². The van der Waals surface area contributed by atoms with Gasteiger partial charge in [-0.05, 0) is 12.8 Å². The van der Waals surface area contributed by atoms with Gasteiger partial charge in [-0.3, -0.25) is 0 Å². The van der Waals surface area contributed by atoms with Crippen LogP contribution in [0.4, 0.5) is 0 Å². The zero-order valence-corrected chi connectivity index (χ0v) is 6.55. The standard InChI is InChI=1S/C8H16O2/c1-2-3-4-7-5-6-8(9)10-7/h7-9H,2-6H2,1H3/t7-,8?/m1/s1. The van der Waals surface area contributed by atoms with Crippen LogP contribution in [0.3, 0.4) is 0 Å². The van der Waals surface area contributed by atoms with Gasteiger partial charge in [-0.1, -0.05) is 19.8 Å². The first kappa shape index (κ1) is 8.02. The van der Waals surface area contributed by atoms with Crippen molar-refractivity contribution in [1.29, 1.82) is 0 Å². The molecule has 0 spiro atoms. The number of ether oxygens (including phenoxy) is 1. The van der Waals surface area contributed by atoms with E-state index in [1.807, 2.05) is 0 Å². The Hall–Kier alpha value is -0.0800. The lowest BCUT2D eigenvalue weighted by molar-refractivity contribution is -0.0919. The highest BCUT2D eigenvalue weighted by Crippen LogP contribution is 2.21. The molecule has 1 saturated heterocycles. The fourth-order valence-electron chi connectivity index (χ4n) is 1.33. The van der Waals surface area contributed by atoms with Crippen LogP contribution < -0.4 is 0 Å². The third-order valence-electron chi connectivity index (χ3n) is 1.96. The number of rotatable bonds is 3. The van der Waals surface area contributed by atoms with E-state index in [1.165, 1.54) is 12.8 Å². The smallest absolute Gasteiger partial charge is 0.154 e. The van der Waals surface area contributed by atoms with Gasteiger partial charge in [0, 0.05) is 6.42 Å². The zero-order valence-electron chi connectivity index (χ0n) is 6.55. The monoisotopic (exact) mass is 144 g/mol. The van der Waals surface area contributed by atoms with E-state index in [4.69, 9.17) is 9.84 Å². The lowest BCUT2D eigenvalue weighted by atomic mass is 10.1. The first-order chi connectivity index (χ1) is 4.83. The molecule has 0 radical (unpaired) electrons. The minimum atomic E-state index is -0.471. The minimum Gasteiger partial charge on any atom is -0.368 e. The van der Waals surface area contributed by atoms with Gasteiger partial charge in [0.2, 0.25) is 0 Å². The third-order valence-corrected chi connectivity index (χ3v) is 1.96. The molecular formula is C8H16O2. The zero-order chi connectivity index (χ0) is 7.40. The van der Waals surface area contributed by atoms with Crippen molar-refractivity contribution >= 4 is 0 Å². The maximum Gasteiger partial charge on any atom is 0.154 e. The van der Waals surface area contributed by atoms with E-state index in [0.717, 1.165) is 19.3 Å². The Morgan fingerprint density at radius 2 is 2.30 bits per heavy atom. The molecule has 1 aliphatic rings. The second kappa shape index (κ2) is 3.94. The highest BCUT2D eigenvalue weighted by atomic mass is 16.6. The molecule has 1 heterocycles. The fraction of sp³-hybridized carbons (Fsp3) is 1.00. The van der Waals surface area contributed by atoms with Gasteiger partial charge in [0.1, 0.15) is 0 Å². The van der Waals surface area contributed by atoms with Crippen LogP contribution in [0, 0.1) is 0 Å². The van der Waals surface area contributed by atoms with E-state index in [0.29, 0.717) is 6.10 Å². The van der Waals surface area contributed by atoms with Crippen molar-refractivity contribution in [3.8, 4) is 0 Å². The number of unbranched alkanes of at least 4 members (excludes halogenated alkanes) is 1. The Kier molecular flexibility index (Phi) is 3.16. The van der Waals surface area contributed by atoms with E-state index < -0.39 is 6.29 Å². The van der Waals surface area contributed by atoms with Crippen molar-refractivity contribution in [2.45, 2.75) is 51.4 Å². The van der Waals surface area contributed by atoms with Crippen LogP contribution in [0.1, 0.15) is 39.0 Å². The summed E-state index contributed by atoms with van der Waals surface area (Å²) in [5.41, 5.74) is 0. The van der Waals surface area contributed by atoms with Gasteiger partial charge in [-0.2, -0.15) is 0 Å². The molecular weight excluding hydrogens is 128 g/mol. The lowest BCUT2D eigenvalue weighted by Gasteiger charge is -2.08. The van der Waals surface area contributed by atoms with E-state index in [-0.39, 0.29) is 0 Å². The van der Waals surface area contributed by atoms with Crippen molar-refractivity contribution in [3.63, 3.8) is 0 Å². The van der Waals surface area contributed by atoms with E-state index in [1.54, 1.807) is 0 Å². The molecule has 0 bridgehead atoms. The van der Waals surface area contributed by atoms with Gasteiger partial charge < -0.3 is 9.84 Å². The lowest BCUT2D eigenvalue weighted by Crippen LogP contribution is -2.09. The molecule has 1 rings (SSSR count). The second-order valence-corrected chi connectivity index (χ2v) is 2.93. The minimum absolute atomic E-state index is 0.343. The predicted molar refractivity (Wildman–Crippen MR) is 39.6 cm³/mol. The predicted octanol–water partition coefficient (Wildman–Crippen LogP) is 1.67. The van der Waals surface area contributed by atoms with Crippen LogP contribution in [-0.4, -0.2) is 17.5 Å². The molecule has 10 heavy (non-hydrogen) atoms. The van der Waals surface area contributed by atoms with Gasteiger partial charge in [0.25, 0.3) is 0 Å². The summed E-state index contributed by atoms with van der Waals surface area (Å²) in [4.78, 5) is 0. The fourth-order valence-corrected chi connectivity index (χ4v) is 1.33. The molecule has 1 unspecified atom stereocenters. The van der Waals surface area contributed by atoms with Crippen molar-refractivity contribution in [3.05, 3.63) is 0 Å². The van der Waals surface area contributed by atoms with Crippen LogP contribution in [0.25, 0.3) is 0 Å². The van der Waals surface area contributed by atoms with Crippen molar-refractivity contribution < 1.29 is 9.84 Å². The molecule has 1 aliphatic heterocycles. The topological polar surface area (TPSA) is 29.5 Å². The average molecular weight is 144 g/mol. The molecule has 0 aromatic carbocycles. The first-order valence-corrected chi connectivity index (χ1v) is 4.16. The summed E-state index contributed by atoms with van der Waals surface area (Å²) in [5.74, 6) is 0. The molecule has 1 fully saturated rings. The summed E-state index contributed by atoms with van der Waals surface area (Å²) in [6.07, 6.45) is 5.30. The maximum absolute atomic E-state index is 8.98. The molecule has 1 N–H and O–H groups in total. The Morgan fingerprint density at radius 1 is 1.50 bits per heavy atom. The summed E-state index contributed by atoms with van der Waals surface area (Å²) < 4.78 is 5.22. The summed E-state index contributed by atoms with van der Waals surface area (Å²) in [7, 11) is 0. The average Bonchev–Trinajstić information content (AvgIpc) is 2.31. The molecule has 0 saturated carbocycles. The van der Waals surface area contributed by atoms with Gasteiger partial charge in [-0.15, -0.1) is 0 Å². The second-order valence-electron chi connectivity index (χ2n) is 2.93. The Bertz CT molecular complexity index is 93.3. The van der Waals surface area contributed by atoms with E-state index in [9.17, 15) is 0 Å². The molecule has 2 nitrogen and oxygen atoms in total. The summed E-state index contributed by atoms with van der Waals surface area (Å²) >= 11 is 0. The summed E-state index contributed by atoms with van der Waals surface area (Å²) in [6.45, 7) is 2.17. The number of hydrogen-bond acceptors (Lipinski definition) is 2. The largest absolute Gasteiger partial charge is 0.368 e. The first-order valence-electron chi connectivity index (χ1n) is 4.16. The Labute approximate surface area is 62.2 Å².